The summed E-state index contributed by atoms with van der Waals surface area (Å²) in [5.74, 6) is 1.07. The summed E-state index contributed by atoms with van der Waals surface area (Å²) in [5, 5.41) is 2.79. The first kappa shape index (κ1) is 17.2. The number of carbonyl (C=O) groups excluding carboxylic acids is 1. The largest absolute Gasteiger partial charge is 0.486 e. The lowest BCUT2D eigenvalue weighted by Gasteiger charge is -2.19. The molecule has 3 rings (SSSR count). The van der Waals surface area contributed by atoms with Crippen LogP contribution in [0.5, 0.6) is 11.5 Å². The molecule has 0 saturated heterocycles. The number of nitrogens with one attached hydrogen (secondary N) is 2. The topological polar surface area (TPSA) is 93.7 Å². The van der Waals surface area contributed by atoms with Gasteiger partial charge in [0.15, 0.2) is 11.5 Å². The van der Waals surface area contributed by atoms with E-state index in [2.05, 4.69) is 10.0 Å². The van der Waals surface area contributed by atoms with Crippen LogP contribution in [0.15, 0.2) is 47.4 Å². The lowest BCUT2D eigenvalue weighted by molar-refractivity contribution is 0.0950. The molecule has 0 saturated carbocycles. The Morgan fingerprint density at radius 1 is 1.04 bits per heavy atom. The average molecular weight is 362 g/mol. The van der Waals surface area contributed by atoms with Crippen molar-refractivity contribution >= 4 is 15.9 Å². The Hall–Kier alpha value is -2.58. The molecular formula is C17H18N2O5S. The summed E-state index contributed by atoms with van der Waals surface area (Å²) in [6.45, 7) is 1.36. The van der Waals surface area contributed by atoms with Crippen molar-refractivity contribution in [1.29, 1.82) is 0 Å². The standard InChI is InChI=1S/C17H18N2O5S/c1-18-25(21,22)14-5-3-13(4-6-14)17(20)19-11-12-2-7-15-16(10-12)24-9-8-23-15/h2-7,10,18H,8-9,11H2,1H3,(H,19,20). The number of hydrogen-bond acceptors (Lipinski definition) is 5. The molecule has 0 spiro atoms. The van der Waals surface area contributed by atoms with Gasteiger partial charge in [0, 0.05) is 12.1 Å². The third kappa shape index (κ3) is 3.92. The third-order valence-electron chi connectivity index (χ3n) is 3.76. The fourth-order valence-corrected chi connectivity index (χ4v) is 3.12. The van der Waals surface area contributed by atoms with Crippen molar-refractivity contribution in [1.82, 2.24) is 10.0 Å². The second kappa shape index (κ2) is 7.12. The zero-order valence-electron chi connectivity index (χ0n) is 13.6. The minimum absolute atomic E-state index is 0.110. The van der Waals surface area contributed by atoms with Gasteiger partial charge in [0.1, 0.15) is 13.2 Å². The van der Waals surface area contributed by atoms with Gasteiger partial charge < -0.3 is 14.8 Å². The molecule has 2 aromatic rings. The minimum atomic E-state index is -3.51. The van der Waals surface area contributed by atoms with Crippen molar-refractivity contribution in [3.63, 3.8) is 0 Å². The summed E-state index contributed by atoms with van der Waals surface area (Å²) in [6.07, 6.45) is 0. The summed E-state index contributed by atoms with van der Waals surface area (Å²) >= 11 is 0. The van der Waals surface area contributed by atoms with E-state index in [1.165, 1.54) is 31.3 Å². The van der Waals surface area contributed by atoms with Gasteiger partial charge in [-0.1, -0.05) is 6.07 Å². The molecule has 0 fully saturated rings. The molecular weight excluding hydrogens is 344 g/mol. The minimum Gasteiger partial charge on any atom is -0.486 e. The van der Waals surface area contributed by atoms with Gasteiger partial charge in [0.05, 0.1) is 4.90 Å². The molecule has 2 aromatic carbocycles. The van der Waals surface area contributed by atoms with Crippen LogP contribution in [-0.2, 0) is 16.6 Å². The Balaban J connectivity index is 1.65. The van der Waals surface area contributed by atoms with Crippen LogP contribution in [0.1, 0.15) is 15.9 Å². The molecule has 1 aliphatic rings. The smallest absolute Gasteiger partial charge is 0.251 e. The number of carbonyl (C=O) groups is 1. The average Bonchev–Trinajstić information content (AvgIpc) is 2.66. The van der Waals surface area contributed by atoms with Crippen molar-refractivity contribution in [2.24, 2.45) is 0 Å². The molecule has 0 bridgehead atoms. The first-order chi connectivity index (χ1) is 12.0. The van der Waals surface area contributed by atoms with Gasteiger partial charge in [-0.25, -0.2) is 13.1 Å². The number of sulfonamides is 1. The van der Waals surface area contributed by atoms with Crippen LogP contribution in [0.4, 0.5) is 0 Å². The van der Waals surface area contributed by atoms with Gasteiger partial charge in [-0.15, -0.1) is 0 Å². The van der Waals surface area contributed by atoms with Crippen LogP contribution >= 0.6 is 0 Å². The van der Waals surface area contributed by atoms with Gasteiger partial charge in [-0.05, 0) is 49.0 Å². The maximum Gasteiger partial charge on any atom is 0.251 e. The Labute approximate surface area is 146 Å². The molecule has 0 aromatic heterocycles. The highest BCUT2D eigenvalue weighted by molar-refractivity contribution is 7.89. The van der Waals surface area contributed by atoms with Crippen LogP contribution in [0.3, 0.4) is 0 Å². The normalized spacial score (nSPS) is 13.3. The van der Waals surface area contributed by atoms with Crippen molar-refractivity contribution < 1.29 is 22.7 Å². The first-order valence-corrected chi connectivity index (χ1v) is 9.18. The molecule has 132 valence electrons. The lowest BCUT2D eigenvalue weighted by atomic mass is 10.1. The fourth-order valence-electron chi connectivity index (χ4n) is 2.39. The Morgan fingerprint density at radius 3 is 2.40 bits per heavy atom. The van der Waals surface area contributed by atoms with Gasteiger partial charge in [-0.3, -0.25) is 4.79 Å². The van der Waals surface area contributed by atoms with E-state index in [-0.39, 0.29) is 10.8 Å². The maximum atomic E-state index is 12.2. The highest BCUT2D eigenvalue weighted by atomic mass is 32.2. The predicted molar refractivity (Wildman–Crippen MR) is 91.3 cm³/mol. The molecule has 25 heavy (non-hydrogen) atoms. The van der Waals surface area contributed by atoms with Crippen LogP contribution in [0.25, 0.3) is 0 Å². The number of rotatable bonds is 5. The molecule has 8 heteroatoms. The van der Waals surface area contributed by atoms with Crippen molar-refractivity contribution in [2.75, 3.05) is 20.3 Å². The molecule has 7 nitrogen and oxygen atoms in total. The van der Waals surface area contributed by atoms with E-state index in [9.17, 15) is 13.2 Å². The summed E-state index contributed by atoms with van der Waals surface area (Å²) in [6, 6.07) is 11.2. The Kier molecular flexibility index (Phi) is 4.91. The van der Waals surface area contributed by atoms with Gasteiger partial charge in [-0.2, -0.15) is 0 Å². The molecule has 1 aliphatic heterocycles. The molecule has 1 amide bonds. The number of benzene rings is 2. The van der Waals surface area contributed by atoms with Crippen molar-refractivity contribution in [2.45, 2.75) is 11.4 Å². The van der Waals surface area contributed by atoms with E-state index in [4.69, 9.17) is 9.47 Å². The van der Waals surface area contributed by atoms with Gasteiger partial charge in [0.2, 0.25) is 10.0 Å². The zero-order valence-corrected chi connectivity index (χ0v) is 14.4. The van der Waals surface area contributed by atoms with E-state index in [1.807, 2.05) is 18.2 Å². The predicted octanol–water partition coefficient (Wildman–Crippen LogP) is 1.30. The molecule has 1 heterocycles. The maximum absolute atomic E-state index is 12.2. The number of ether oxygens (including phenoxy) is 2. The first-order valence-electron chi connectivity index (χ1n) is 7.70. The molecule has 0 radical (unpaired) electrons. The highest BCUT2D eigenvalue weighted by Gasteiger charge is 2.14. The van der Waals surface area contributed by atoms with Crippen LogP contribution in [0.2, 0.25) is 0 Å². The van der Waals surface area contributed by atoms with Gasteiger partial charge in [0.25, 0.3) is 5.91 Å². The number of hydrogen-bond donors (Lipinski definition) is 2. The van der Waals surface area contributed by atoms with E-state index >= 15 is 0 Å². The lowest BCUT2D eigenvalue weighted by Crippen LogP contribution is -2.23. The van der Waals surface area contributed by atoms with Crippen LogP contribution < -0.4 is 19.5 Å². The molecule has 0 atom stereocenters. The van der Waals surface area contributed by atoms with Crippen molar-refractivity contribution in [3.05, 3.63) is 53.6 Å². The van der Waals surface area contributed by atoms with E-state index < -0.39 is 10.0 Å². The molecule has 2 N–H and O–H groups in total. The van der Waals surface area contributed by atoms with E-state index in [0.717, 1.165) is 5.56 Å². The number of fused-ring (bicyclic) bond motifs is 1. The quantitative estimate of drug-likeness (QED) is 0.836. The van der Waals surface area contributed by atoms with Gasteiger partial charge >= 0.3 is 0 Å². The monoisotopic (exact) mass is 362 g/mol. The van der Waals surface area contributed by atoms with E-state index in [1.54, 1.807) is 0 Å². The summed E-state index contributed by atoms with van der Waals surface area (Å²) in [4.78, 5) is 12.3. The summed E-state index contributed by atoms with van der Waals surface area (Å²) < 4.78 is 36.5. The Morgan fingerprint density at radius 2 is 1.72 bits per heavy atom. The molecule has 0 unspecified atom stereocenters. The van der Waals surface area contributed by atoms with Crippen molar-refractivity contribution in [3.8, 4) is 11.5 Å². The second-order valence-corrected chi connectivity index (χ2v) is 7.28. The fraction of sp³-hybridized carbons (Fsp3) is 0.235. The number of amides is 1. The highest BCUT2D eigenvalue weighted by Crippen LogP contribution is 2.30. The molecule has 0 aliphatic carbocycles. The Bertz CT molecular complexity index is 878. The van der Waals surface area contributed by atoms with Crippen LogP contribution in [-0.4, -0.2) is 34.6 Å². The summed E-state index contributed by atoms with van der Waals surface area (Å²) in [5.41, 5.74) is 1.26. The van der Waals surface area contributed by atoms with E-state index in [0.29, 0.717) is 36.8 Å². The van der Waals surface area contributed by atoms with Crippen LogP contribution in [0, 0.1) is 0 Å². The summed E-state index contributed by atoms with van der Waals surface area (Å²) in [7, 11) is -2.18. The zero-order chi connectivity index (χ0) is 17.9. The SMILES string of the molecule is CNS(=O)(=O)c1ccc(C(=O)NCc2ccc3c(c2)OCCO3)cc1. The third-order valence-corrected chi connectivity index (χ3v) is 5.19. The second-order valence-electron chi connectivity index (χ2n) is 5.39.